The smallest absolute Gasteiger partial charge is 0.255 e. The number of ether oxygens (including phenoxy) is 1. The predicted molar refractivity (Wildman–Crippen MR) is 120 cm³/mol. The van der Waals surface area contributed by atoms with Crippen molar-refractivity contribution in [1.29, 1.82) is 0 Å². The summed E-state index contributed by atoms with van der Waals surface area (Å²) in [7, 11) is 0. The van der Waals surface area contributed by atoms with E-state index in [0.717, 1.165) is 55.4 Å². The summed E-state index contributed by atoms with van der Waals surface area (Å²) >= 11 is 0. The van der Waals surface area contributed by atoms with Gasteiger partial charge in [0.1, 0.15) is 17.1 Å². The highest BCUT2D eigenvalue weighted by Gasteiger charge is 2.46. The number of rotatable bonds is 7. The second kappa shape index (κ2) is 8.28. The zero-order valence-electron chi connectivity index (χ0n) is 19.0. The van der Waals surface area contributed by atoms with E-state index in [1.165, 1.54) is 18.4 Å². The summed E-state index contributed by atoms with van der Waals surface area (Å²) in [6.45, 7) is 9.37. The number of carbonyl (C=O) groups is 1. The van der Waals surface area contributed by atoms with Crippen LogP contribution in [0.25, 0.3) is 0 Å². The fourth-order valence-corrected chi connectivity index (χ4v) is 5.27. The topological polar surface area (TPSA) is 58.6 Å². The number of unbranched alkanes of at least 4 members (excludes halogenated alkanes) is 2. The van der Waals surface area contributed by atoms with Crippen LogP contribution < -0.4 is 10.1 Å². The minimum absolute atomic E-state index is 0.0946. The van der Waals surface area contributed by atoms with E-state index in [1.807, 2.05) is 6.07 Å². The predicted octanol–water partition coefficient (Wildman–Crippen LogP) is 5.88. The number of benzene rings is 1. The molecule has 0 spiro atoms. The van der Waals surface area contributed by atoms with Gasteiger partial charge in [0.25, 0.3) is 5.91 Å². The molecule has 164 valence electrons. The van der Waals surface area contributed by atoms with E-state index >= 15 is 0 Å². The van der Waals surface area contributed by atoms with E-state index in [9.17, 15) is 9.90 Å². The van der Waals surface area contributed by atoms with Gasteiger partial charge in [0, 0.05) is 23.9 Å². The molecule has 4 heteroatoms. The Balaban J connectivity index is 1.77. The quantitative estimate of drug-likeness (QED) is 0.435. The molecule has 4 rings (SSSR count). The number of allylic oxidation sites excluding steroid dienone is 2. The molecule has 1 fully saturated rings. The third-order valence-electron chi connectivity index (χ3n) is 7.26. The van der Waals surface area contributed by atoms with Crippen molar-refractivity contribution in [3.05, 3.63) is 34.4 Å². The lowest BCUT2D eigenvalue weighted by Gasteiger charge is -2.46. The van der Waals surface area contributed by atoms with Crippen LogP contribution in [0, 0.1) is 11.8 Å². The first-order valence-electron chi connectivity index (χ1n) is 11.8. The van der Waals surface area contributed by atoms with Crippen LogP contribution in [0.4, 0.5) is 0 Å². The maximum absolute atomic E-state index is 13.2. The van der Waals surface area contributed by atoms with Crippen LogP contribution >= 0.6 is 0 Å². The van der Waals surface area contributed by atoms with Gasteiger partial charge in [0.15, 0.2) is 0 Å². The largest absolute Gasteiger partial charge is 0.507 e. The van der Waals surface area contributed by atoms with Gasteiger partial charge >= 0.3 is 0 Å². The fraction of sp³-hybridized carbons (Fsp3) is 0.654. The van der Waals surface area contributed by atoms with E-state index in [0.29, 0.717) is 23.9 Å². The van der Waals surface area contributed by atoms with Gasteiger partial charge in [-0.05, 0) is 76.8 Å². The molecule has 0 saturated heterocycles. The van der Waals surface area contributed by atoms with Gasteiger partial charge in [0.2, 0.25) is 0 Å². The number of carbonyl (C=O) groups excluding carboxylic acids is 1. The monoisotopic (exact) mass is 411 g/mol. The van der Waals surface area contributed by atoms with E-state index in [-0.39, 0.29) is 23.2 Å². The van der Waals surface area contributed by atoms with E-state index in [2.05, 4.69) is 39.1 Å². The highest BCUT2D eigenvalue weighted by atomic mass is 16.5. The first-order chi connectivity index (χ1) is 14.3. The van der Waals surface area contributed by atoms with Crippen LogP contribution in [-0.4, -0.2) is 23.2 Å². The van der Waals surface area contributed by atoms with Crippen LogP contribution in [0.1, 0.15) is 100 Å². The van der Waals surface area contributed by atoms with Crippen molar-refractivity contribution < 1.29 is 14.6 Å². The minimum atomic E-state index is -0.294. The molecule has 1 unspecified atom stereocenters. The Morgan fingerprint density at radius 2 is 2.03 bits per heavy atom. The molecule has 1 aromatic carbocycles. The molecule has 1 aromatic rings. The van der Waals surface area contributed by atoms with Gasteiger partial charge in [-0.2, -0.15) is 0 Å². The molecule has 1 aliphatic heterocycles. The first-order valence-corrected chi connectivity index (χ1v) is 11.8. The first kappa shape index (κ1) is 21.3. The number of aromatic hydroxyl groups is 1. The van der Waals surface area contributed by atoms with Crippen LogP contribution in [0.5, 0.6) is 11.5 Å². The second-order valence-corrected chi connectivity index (χ2v) is 10.2. The summed E-state index contributed by atoms with van der Waals surface area (Å²) in [5.41, 5.74) is 3.26. The highest BCUT2D eigenvalue weighted by molar-refractivity contribution is 5.99. The fourth-order valence-electron chi connectivity index (χ4n) is 5.27. The normalized spacial score (nSPS) is 24.3. The number of phenolic OH excluding ortho intramolecular Hbond substituents is 1. The molecule has 0 radical (unpaired) electrons. The Labute approximate surface area is 181 Å². The van der Waals surface area contributed by atoms with Gasteiger partial charge in [-0.3, -0.25) is 4.79 Å². The number of hydrogen-bond acceptors (Lipinski definition) is 3. The van der Waals surface area contributed by atoms with Crippen molar-refractivity contribution in [2.75, 3.05) is 6.54 Å². The highest BCUT2D eigenvalue weighted by Crippen LogP contribution is 2.54. The maximum atomic E-state index is 13.2. The molecule has 2 N–H and O–H groups in total. The van der Waals surface area contributed by atoms with Crippen LogP contribution in [-0.2, 0) is 6.42 Å². The summed E-state index contributed by atoms with van der Waals surface area (Å²) in [6, 6.07) is 2.05. The lowest BCUT2D eigenvalue weighted by Crippen LogP contribution is -2.45. The Kier molecular flexibility index (Phi) is 5.87. The number of amides is 1. The molecule has 4 nitrogen and oxygen atoms in total. The summed E-state index contributed by atoms with van der Waals surface area (Å²) < 4.78 is 6.47. The molecule has 2 aliphatic carbocycles. The lowest BCUT2D eigenvalue weighted by molar-refractivity contribution is 0.0107. The zero-order valence-corrected chi connectivity index (χ0v) is 19.0. The zero-order chi connectivity index (χ0) is 21.5. The van der Waals surface area contributed by atoms with Crippen molar-refractivity contribution in [3.63, 3.8) is 0 Å². The maximum Gasteiger partial charge on any atom is 0.255 e. The average Bonchev–Trinajstić information content (AvgIpc) is 3.50. The summed E-state index contributed by atoms with van der Waals surface area (Å²) in [6.07, 6.45) is 10.8. The van der Waals surface area contributed by atoms with Crippen molar-refractivity contribution in [2.24, 2.45) is 11.8 Å². The molecule has 1 saturated carbocycles. The SMILES string of the molecule is CCCCCc1cc2c(c(O)c1C(=O)NCC1CC1)C1C=C(C)CC[C@H]1C(C)(C)O2. The standard InChI is InChI=1S/C26H37NO3/c1-5-6-7-8-18-14-21-23(24(28)22(18)25(29)27-15-17-10-11-17)19-13-16(2)9-12-20(19)26(3,4)30-21/h13-14,17,19-20,28H,5-12,15H2,1-4H3,(H,27,29)/t19?,20-/m1/s1. The average molecular weight is 412 g/mol. The molecule has 0 aromatic heterocycles. The minimum Gasteiger partial charge on any atom is -0.507 e. The van der Waals surface area contributed by atoms with Crippen LogP contribution in [0.3, 0.4) is 0 Å². The number of aryl methyl sites for hydroxylation is 1. The van der Waals surface area contributed by atoms with Crippen LogP contribution in [0.2, 0.25) is 0 Å². The Morgan fingerprint density at radius 3 is 2.73 bits per heavy atom. The summed E-state index contributed by atoms with van der Waals surface area (Å²) in [4.78, 5) is 13.2. The number of phenols is 1. The summed E-state index contributed by atoms with van der Waals surface area (Å²) in [5.74, 6) is 1.77. The molecule has 30 heavy (non-hydrogen) atoms. The molecule has 0 bridgehead atoms. The molecule has 3 aliphatic rings. The van der Waals surface area contributed by atoms with Crippen molar-refractivity contribution >= 4 is 5.91 Å². The van der Waals surface area contributed by atoms with Gasteiger partial charge in [-0.15, -0.1) is 0 Å². The number of fused-ring (bicyclic) bond motifs is 3. The van der Waals surface area contributed by atoms with E-state index in [4.69, 9.17) is 4.74 Å². The number of hydrogen-bond donors (Lipinski definition) is 2. The lowest BCUT2D eigenvalue weighted by atomic mass is 9.67. The third-order valence-corrected chi connectivity index (χ3v) is 7.26. The number of nitrogens with one attached hydrogen (secondary N) is 1. The van der Waals surface area contributed by atoms with Gasteiger partial charge in [-0.25, -0.2) is 0 Å². The molecular weight excluding hydrogens is 374 g/mol. The molecule has 2 atom stereocenters. The van der Waals surface area contributed by atoms with Crippen LogP contribution in [0.15, 0.2) is 17.7 Å². The van der Waals surface area contributed by atoms with E-state index < -0.39 is 0 Å². The molecular formula is C26H37NO3. The van der Waals surface area contributed by atoms with Gasteiger partial charge < -0.3 is 15.2 Å². The summed E-state index contributed by atoms with van der Waals surface area (Å²) in [5, 5.41) is 14.5. The Morgan fingerprint density at radius 1 is 1.27 bits per heavy atom. The Bertz CT molecular complexity index is 850. The van der Waals surface area contributed by atoms with Crippen molar-refractivity contribution in [1.82, 2.24) is 5.32 Å². The molecule has 1 amide bonds. The molecule has 1 heterocycles. The van der Waals surface area contributed by atoms with Crippen molar-refractivity contribution in [2.45, 2.75) is 90.6 Å². The second-order valence-electron chi connectivity index (χ2n) is 10.2. The third kappa shape index (κ3) is 4.10. The Hall–Kier alpha value is -1.97. The van der Waals surface area contributed by atoms with Crippen molar-refractivity contribution in [3.8, 4) is 11.5 Å². The van der Waals surface area contributed by atoms with Gasteiger partial charge in [-0.1, -0.05) is 31.4 Å². The van der Waals surface area contributed by atoms with E-state index in [1.54, 1.807) is 0 Å². The van der Waals surface area contributed by atoms with Gasteiger partial charge in [0.05, 0.1) is 5.56 Å².